The van der Waals surface area contributed by atoms with Gasteiger partial charge in [-0.25, -0.2) is 0 Å². The average Bonchev–Trinajstić information content (AvgIpc) is 3.13. The lowest BCUT2D eigenvalue weighted by Gasteiger charge is -2.36. The molecule has 98 valence electrons. The van der Waals surface area contributed by atoms with Crippen LogP contribution in [0.4, 0.5) is 0 Å². The Labute approximate surface area is 104 Å². The summed E-state index contributed by atoms with van der Waals surface area (Å²) < 4.78 is 5.41. The maximum absolute atomic E-state index is 12.3. The van der Waals surface area contributed by atoms with Gasteiger partial charge in [-0.1, -0.05) is 0 Å². The molecule has 2 rings (SSSR count). The van der Waals surface area contributed by atoms with Gasteiger partial charge in [-0.05, 0) is 39.5 Å². The molecule has 2 fully saturated rings. The van der Waals surface area contributed by atoms with Gasteiger partial charge >= 0.3 is 0 Å². The standard InChI is InChI=1S/C13H24N2O2/c1-3-17-9-10(2)15-8-4-5-12(13(15)16)14-11-6-7-11/h10-12,14H,3-9H2,1-2H3. The van der Waals surface area contributed by atoms with Crippen molar-refractivity contribution in [1.29, 1.82) is 0 Å². The number of carbonyl (C=O) groups excluding carboxylic acids is 1. The van der Waals surface area contributed by atoms with Crippen molar-refractivity contribution in [1.82, 2.24) is 10.2 Å². The number of hydrogen-bond donors (Lipinski definition) is 1. The number of amides is 1. The van der Waals surface area contributed by atoms with Crippen LogP contribution in [0.2, 0.25) is 0 Å². The zero-order valence-corrected chi connectivity index (χ0v) is 10.9. The Bertz CT molecular complexity index is 266. The lowest BCUT2D eigenvalue weighted by atomic mass is 10.0. The average molecular weight is 240 g/mol. The van der Waals surface area contributed by atoms with Crippen LogP contribution in [-0.4, -0.2) is 48.7 Å². The molecular formula is C13H24N2O2. The van der Waals surface area contributed by atoms with Crippen molar-refractivity contribution in [2.45, 2.75) is 57.7 Å². The van der Waals surface area contributed by atoms with Crippen molar-refractivity contribution in [3.63, 3.8) is 0 Å². The Hall–Kier alpha value is -0.610. The first kappa shape index (κ1) is 12.8. The van der Waals surface area contributed by atoms with Gasteiger partial charge in [0.25, 0.3) is 0 Å². The minimum Gasteiger partial charge on any atom is -0.380 e. The molecular weight excluding hydrogens is 216 g/mol. The molecule has 0 bridgehead atoms. The number of nitrogens with one attached hydrogen (secondary N) is 1. The molecule has 1 aliphatic heterocycles. The normalized spacial score (nSPS) is 27.3. The van der Waals surface area contributed by atoms with E-state index >= 15 is 0 Å². The first-order valence-electron chi connectivity index (χ1n) is 6.86. The minimum absolute atomic E-state index is 0.0559. The molecule has 2 atom stereocenters. The molecule has 0 aromatic carbocycles. The number of hydrogen-bond acceptors (Lipinski definition) is 3. The first-order valence-corrected chi connectivity index (χ1v) is 6.86. The Kier molecular flexibility index (Phi) is 4.40. The van der Waals surface area contributed by atoms with E-state index in [0.29, 0.717) is 12.6 Å². The van der Waals surface area contributed by atoms with E-state index in [4.69, 9.17) is 4.74 Å². The van der Waals surface area contributed by atoms with Gasteiger partial charge in [-0.2, -0.15) is 0 Å². The molecule has 0 radical (unpaired) electrons. The topological polar surface area (TPSA) is 41.6 Å². The summed E-state index contributed by atoms with van der Waals surface area (Å²) in [4.78, 5) is 14.3. The van der Waals surface area contributed by atoms with Gasteiger partial charge in [-0.15, -0.1) is 0 Å². The third-order valence-electron chi connectivity index (χ3n) is 3.58. The molecule has 1 saturated carbocycles. The molecule has 4 heteroatoms. The van der Waals surface area contributed by atoms with E-state index in [1.165, 1.54) is 12.8 Å². The highest BCUT2D eigenvalue weighted by molar-refractivity contribution is 5.83. The number of likely N-dealkylation sites (tertiary alicyclic amines) is 1. The van der Waals surface area contributed by atoms with Crippen LogP contribution in [-0.2, 0) is 9.53 Å². The number of ether oxygens (including phenoxy) is 1. The van der Waals surface area contributed by atoms with E-state index in [1.54, 1.807) is 0 Å². The predicted molar refractivity (Wildman–Crippen MR) is 66.8 cm³/mol. The van der Waals surface area contributed by atoms with Crippen LogP contribution < -0.4 is 5.32 Å². The van der Waals surface area contributed by atoms with Gasteiger partial charge in [0.05, 0.1) is 18.7 Å². The van der Waals surface area contributed by atoms with Crippen LogP contribution in [0.25, 0.3) is 0 Å². The summed E-state index contributed by atoms with van der Waals surface area (Å²) in [5.74, 6) is 0.273. The molecule has 2 aliphatic rings. The van der Waals surface area contributed by atoms with Gasteiger partial charge in [0.2, 0.25) is 5.91 Å². The monoisotopic (exact) mass is 240 g/mol. The molecule has 17 heavy (non-hydrogen) atoms. The van der Waals surface area contributed by atoms with Crippen LogP contribution in [0.5, 0.6) is 0 Å². The van der Waals surface area contributed by atoms with Crippen LogP contribution in [0.3, 0.4) is 0 Å². The zero-order valence-electron chi connectivity index (χ0n) is 10.9. The lowest BCUT2D eigenvalue weighted by Crippen LogP contribution is -2.54. The minimum atomic E-state index is 0.0559. The summed E-state index contributed by atoms with van der Waals surface area (Å²) in [5.41, 5.74) is 0. The molecule has 2 unspecified atom stereocenters. The molecule has 0 aromatic heterocycles. The SMILES string of the molecule is CCOCC(C)N1CCCC(NC2CC2)C1=O. The van der Waals surface area contributed by atoms with Crippen molar-refractivity contribution in [2.75, 3.05) is 19.8 Å². The largest absolute Gasteiger partial charge is 0.380 e. The van der Waals surface area contributed by atoms with Gasteiger partial charge in [0, 0.05) is 19.2 Å². The van der Waals surface area contributed by atoms with Gasteiger partial charge < -0.3 is 15.0 Å². The second-order valence-electron chi connectivity index (χ2n) is 5.18. The first-order chi connectivity index (χ1) is 8.22. The highest BCUT2D eigenvalue weighted by atomic mass is 16.5. The summed E-state index contributed by atoms with van der Waals surface area (Å²) in [6.45, 7) is 6.32. The second kappa shape index (κ2) is 5.83. The Balaban J connectivity index is 1.85. The molecule has 1 heterocycles. The molecule has 0 spiro atoms. The van der Waals surface area contributed by atoms with Crippen molar-refractivity contribution in [2.24, 2.45) is 0 Å². The van der Waals surface area contributed by atoms with E-state index in [-0.39, 0.29) is 18.0 Å². The molecule has 0 aromatic rings. The van der Waals surface area contributed by atoms with Crippen molar-refractivity contribution in [3.05, 3.63) is 0 Å². The van der Waals surface area contributed by atoms with Gasteiger partial charge in [-0.3, -0.25) is 4.79 Å². The van der Waals surface area contributed by atoms with Crippen LogP contribution in [0.15, 0.2) is 0 Å². The fraction of sp³-hybridized carbons (Fsp3) is 0.923. The lowest BCUT2D eigenvalue weighted by molar-refractivity contribution is -0.139. The Morgan fingerprint density at radius 2 is 2.24 bits per heavy atom. The maximum atomic E-state index is 12.3. The Morgan fingerprint density at radius 1 is 1.47 bits per heavy atom. The highest BCUT2D eigenvalue weighted by Gasteiger charge is 2.34. The van der Waals surface area contributed by atoms with Crippen LogP contribution in [0.1, 0.15) is 39.5 Å². The third-order valence-corrected chi connectivity index (χ3v) is 3.58. The van der Waals surface area contributed by atoms with Gasteiger partial charge in [0.15, 0.2) is 0 Å². The fourth-order valence-corrected chi connectivity index (χ4v) is 2.40. The summed E-state index contributed by atoms with van der Waals surface area (Å²) in [5, 5.41) is 3.45. The number of carbonyl (C=O) groups is 1. The zero-order chi connectivity index (χ0) is 12.3. The Morgan fingerprint density at radius 3 is 2.88 bits per heavy atom. The summed E-state index contributed by atoms with van der Waals surface area (Å²) in [6, 6.07) is 0.859. The van der Waals surface area contributed by atoms with Crippen LogP contribution in [0, 0.1) is 0 Å². The second-order valence-corrected chi connectivity index (χ2v) is 5.18. The van der Waals surface area contributed by atoms with E-state index in [1.807, 2.05) is 11.8 Å². The number of rotatable bonds is 6. The van der Waals surface area contributed by atoms with E-state index in [0.717, 1.165) is 26.0 Å². The summed E-state index contributed by atoms with van der Waals surface area (Å²) in [6.07, 6.45) is 4.57. The molecule has 1 N–H and O–H groups in total. The molecule has 1 saturated heterocycles. The van der Waals surface area contributed by atoms with E-state index in [9.17, 15) is 4.79 Å². The molecule has 1 aliphatic carbocycles. The third kappa shape index (κ3) is 3.42. The predicted octanol–water partition coefficient (Wildman–Crippen LogP) is 1.15. The molecule has 1 amide bonds. The molecule has 4 nitrogen and oxygen atoms in total. The van der Waals surface area contributed by atoms with Crippen LogP contribution >= 0.6 is 0 Å². The van der Waals surface area contributed by atoms with E-state index in [2.05, 4.69) is 12.2 Å². The fourth-order valence-electron chi connectivity index (χ4n) is 2.40. The smallest absolute Gasteiger partial charge is 0.240 e. The number of piperidine rings is 1. The summed E-state index contributed by atoms with van der Waals surface area (Å²) in [7, 11) is 0. The van der Waals surface area contributed by atoms with E-state index < -0.39 is 0 Å². The van der Waals surface area contributed by atoms with Crippen molar-refractivity contribution in [3.8, 4) is 0 Å². The maximum Gasteiger partial charge on any atom is 0.240 e. The highest BCUT2D eigenvalue weighted by Crippen LogP contribution is 2.23. The quantitative estimate of drug-likeness (QED) is 0.757. The number of nitrogens with zero attached hydrogens (tertiary/aromatic N) is 1. The summed E-state index contributed by atoms with van der Waals surface area (Å²) >= 11 is 0. The van der Waals surface area contributed by atoms with Crippen molar-refractivity contribution < 1.29 is 9.53 Å². The van der Waals surface area contributed by atoms with Crippen molar-refractivity contribution >= 4 is 5.91 Å². The van der Waals surface area contributed by atoms with Gasteiger partial charge in [0.1, 0.15) is 0 Å².